The molecule has 1 saturated heterocycles. The Morgan fingerprint density at radius 3 is 2.62 bits per heavy atom. The SMILES string of the molecule is Cc1cc(C(F)(F)F)cc(O)c1-c1ccc(N[C@H]2CCCN(CC(C)O)C2)nn1. The summed E-state index contributed by atoms with van der Waals surface area (Å²) >= 11 is 0. The average molecular weight is 410 g/mol. The molecule has 0 aliphatic carbocycles. The first-order valence-electron chi connectivity index (χ1n) is 9.55. The monoisotopic (exact) mass is 410 g/mol. The number of aryl methyl sites for hydroxylation is 1. The second kappa shape index (κ2) is 8.54. The molecule has 1 aliphatic rings. The Bertz CT molecular complexity index is 818. The number of likely N-dealkylation sites (tertiary alicyclic amines) is 1. The first kappa shape index (κ1) is 21.3. The minimum atomic E-state index is -4.53. The number of halogens is 3. The molecular formula is C20H25F3N4O2. The molecule has 1 unspecified atom stereocenters. The lowest BCUT2D eigenvalue weighted by Gasteiger charge is -2.33. The zero-order valence-corrected chi connectivity index (χ0v) is 16.4. The molecule has 1 aromatic heterocycles. The van der Waals surface area contributed by atoms with Gasteiger partial charge in [0.2, 0.25) is 0 Å². The number of nitrogens with one attached hydrogen (secondary N) is 1. The van der Waals surface area contributed by atoms with Crippen LogP contribution in [0.15, 0.2) is 24.3 Å². The second-order valence-electron chi connectivity index (χ2n) is 7.58. The van der Waals surface area contributed by atoms with Gasteiger partial charge in [-0.1, -0.05) is 0 Å². The molecule has 0 radical (unpaired) electrons. The topological polar surface area (TPSA) is 81.5 Å². The van der Waals surface area contributed by atoms with Crippen LogP contribution >= 0.6 is 0 Å². The minimum Gasteiger partial charge on any atom is -0.507 e. The molecule has 1 aliphatic heterocycles. The van der Waals surface area contributed by atoms with E-state index in [0.717, 1.165) is 32.0 Å². The highest BCUT2D eigenvalue weighted by Crippen LogP contribution is 2.38. The number of aromatic hydroxyl groups is 1. The van der Waals surface area contributed by atoms with E-state index in [-0.39, 0.29) is 23.3 Å². The standard InChI is InChI=1S/C20H25F3N4O2/c1-12-8-14(20(21,22)23)9-17(29)19(12)16-5-6-18(26-25-16)24-15-4-3-7-27(11-15)10-13(2)28/h5-6,8-9,13,15,28-29H,3-4,7,10-11H2,1-2H3,(H,24,26)/t13?,15-/m0/s1. The van der Waals surface area contributed by atoms with Gasteiger partial charge in [-0.05, 0) is 63.1 Å². The van der Waals surface area contributed by atoms with Crippen molar-refractivity contribution in [2.45, 2.75) is 45.0 Å². The number of aliphatic hydroxyl groups excluding tert-OH is 1. The summed E-state index contributed by atoms with van der Waals surface area (Å²) in [6.07, 6.45) is -2.93. The summed E-state index contributed by atoms with van der Waals surface area (Å²) in [5.74, 6) is 0.0788. The number of β-amino-alcohol motifs (C(OH)–C–C–N with tert-alkyl or cyclic N) is 1. The summed E-state index contributed by atoms with van der Waals surface area (Å²) in [6.45, 7) is 5.61. The second-order valence-corrected chi connectivity index (χ2v) is 7.58. The number of aromatic nitrogens is 2. The predicted octanol–water partition coefficient (Wildman–Crippen LogP) is 3.43. The average Bonchev–Trinajstić information content (AvgIpc) is 2.61. The van der Waals surface area contributed by atoms with E-state index in [1.807, 2.05) is 0 Å². The van der Waals surface area contributed by atoms with Crippen molar-refractivity contribution in [2.75, 3.05) is 25.0 Å². The number of hydrogen-bond donors (Lipinski definition) is 3. The van der Waals surface area contributed by atoms with Crippen molar-refractivity contribution in [3.63, 3.8) is 0 Å². The normalized spacial score (nSPS) is 19.2. The maximum atomic E-state index is 12.9. The highest BCUT2D eigenvalue weighted by Gasteiger charge is 2.32. The quantitative estimate of drug-likeness (QED) is 0.701. The van der Waals surface area contributed by atoms with Crippen molar-refractivity contribution in [1.82, 2.24) is 15.1 Å². The summed E-state index contributed by atoms with van der Waals surface area (Å²) in [6, 6.07) is 5.19. The van der Waals surface area contributed by atoms with E-state index in [9.17, 15) is 23.4 Å². The minimum absolute atomic E-state index is 0.170. The molecule has 9 heteroatoms. The van der Waals surface area contributed by atoms with E-state index in [0.29, 0.717) is 24.1 Å². The third-order valence-electron chi connectivity index (χ3n) is 4.94. The van der Waals surface area contributed by atoms with E-state index in [1.165, 1.54) is 6.92 Å². The fraction of sp³-hybridized carbons (Fsp3) is 0.500. The van der Waals surface area contributed by atoms with Gasteiger partial charge in [-0.3, -0.25) is 4.90 Å². The Labute approximate surface area is 167 Å². The van der Waals surface area contributed by atoms with Crippen LogP contribution in [0, 0.1) is 6.92 Å². The predicted molar refractivity (Wildman–Crippen MR) is 104 cm³/mol. The molecule has 0 amide bonds. The van der Waals surface area contributed by atoms with Crippen LogP contribution in [0.2, 0.25) is 0 Å². The molecule has 158 valence electrons. The van der Waals surface area contributed by atoms with Crippen LogP contribution < -0.4 is 5.32 Å². The lowest BCUT2D eigenvalue weighted by atomic mass is 10.0. The van der Waals surface area contributed by atoms with Crippen molar-refractivity contribution in [2.24, 2.45) is 0 Å². The van der Waals surface area contributed by atoms with Gasteiger partial charge in [0.15, 0.2) is 0 Å². The number of alkyl halides is 3. The fourth-order valence-corrected chi connectivity index (χ4v) is 3.73. The molecule has 0 spiro atoms. The Balaban J connectivity index is 1.72. The maximum absolute atomic E-state index is 12.9. The van der Waals surface area contributed by atoms with Crippen LogP contribution in [0.4, 0.5) is 19.0 Å². The van der Waals surface area contributed by atoms with Crippen LogP contribution in [-0.4, -0.2) is 57.1 Å². The van der Waals surface area contributed by atoms with Crippen molar-refractivity contribution in [1.29, 1.82) is 0 Å². The molecule has 0 bridgehead atoms. The van der Waals surface area contributed by atoms with Gasteiger partial charge in [-0.25, -0.2) is 0 Å². The molecule has 3 rings (SSSR count). The number of aliphatic hydroxyl groups is 1. The van der Waals surface area contributed by atoms with Crippen LogP contribution in [0.25, 0.3) is 11.3 Å². The van der Waals surface area contributed by atoms with Gasteiger partial charge in [-0.15, -0.1) is 10.2 Å². The largest absolute Gasteiger partial charge is 0.507 e. The Hall–Kier alpha value is -2.39. The van der Waals surface area contributed by atoms with Gasteiger partial charge < -0.3 is 15.5 Å². The summed E-state index contributed by atoms with van der Waals surface area (Å²) in [4.78, 5) is 2.19. The number of piperidine rings is 1. The number of rotatable bonds is 5. The van der Waals surface area contributed by atoms with Gasteiger partial charge >= 0.3 is 6.18 Å². The molecular weight excluding hydrogens is 385 g/mol. The summed E-state index contributed by atoms with van der Waals surface area (Å²) in [5.41, 5.74) is -0.0913. The van der Waals surface area contributed by atoms with E-state index in [4.69, 9.17) is 0 Å². The number of phenolic OH excluding ortho intramolecular Hbond substituents is 1. The van der Waals surface area contributed by atoms with Crippen LogP contribution in [0.5, 0.6) is 5.75 Å². The van der Waals surface area contributed by atoms with Gasteiger partial charge in [0.05, 0.1) is 17.4 Å². The third-order valence-corrected chi connectivity index (χ3v) is 4.94. The summed E-state index contributed by atoms with van der Waals surface area (Å²) in [5, 5.41) is 31.2. The molecule has 6 nitrogen and oxygen atoms in total. The summed E-state index contributed by atoms with van der Waals surface area (Å²) < 4.78 is 38.7. The molecule has 0 saturated carbocycles. The Morgan fingerprint density at radius 1 is 1.28 bits per heavy atom. The van der Waals surface area contributed by atoms with Crippen molar-refractivity contribution in [3.05, 3.63) is 35.4 Å². The van der Waals surface area contributed by atoms with Gasteiger partial charge in [0.25, 0.3) is 0 Å². The van der Waals surface area contributed by atoms with Crippen LogP contribution in [0.1, 0.15) is 30.9 Å². The van der Waals surface area contributed by atoms with Gasteiger partial charge in [0, 0.05) is 24.7 Å². The van der Waals surface area contributed by atoms with E-state index >= 15 is 0 Å². The first-order valence-corrected chi connectivity index (χ1v) is 9.55. The Morgan fingerprint density at radius 2 is 2.03 bits per heavy atom. The first-order chi connectivity index (χ1) is 13.6. The highest BCUT2D eigenvalue weighted by molar-refractivity contribution is 5.71. The lowest BCUT2D eigenvalue weighted by molar-refractivity contribution is -0.137. The number of nitrogens with zero attached hydrogens (tertiary/aromatic N) is 3. The molecule has 1 fully saturated rings. The van der Waals surface area contributed by atoms with Crippen LogP contribution in [0.3, 0.4) is 0 Å². The van der Waals surface area contributed by atoms with E-state index in [2.05, 4.69) is 20.4 Å². The molecule has 29 heavy (non-hydrogen) atoms. The van der Waals surface area contributed by atoms with Crippen molar-refractivity contribution in [3.8, 4) is 17.0 Å². The van der Waals surface area contributed by atoms with Gasteiger partial charge in [-0.2, -0.15) is 13.2 Å². The van der Waals surface area contributed by atoms with Gasteiger partial charge in [0.1, 0.15) is 11.6 Å². The lowest BCUT2D eigenvalue weighted by Crippen LogP contribution is -2.44. The number of hydrogen-bond acceptors (Lipinski definition) is 6. The maximum Gasteiger partial charge on any atom is 0.416 e. The van der Waals surface area contributed by atoms with Crippen molar-refractivity contribution < 1.29 is 23.4 Å². The smallest absolute Gasteiger partial charge is 0.416 e. The van der Waals surface area contributed by atoms with Crippen LogP contribution in [-0.2, 0) is 6.18 Å². The molecule has 2 atom stereocenters. The van der Waals surface area contributed by atoms with Crippen molar-refractivity contribution >= 4 is 5.82 Å². The van der Waals surface area contributed by atoms with E-state index in [1.54, 1.807) is 19.1 Å². The number of anilines is 1. The molecule has 2 heterocycles. The molecule has 3 N–H and O–H groups in total. The molecule has 1 aromatic carbocycles. The third kappa shape index (κ3) is 5.36. The molecule has 2 aromatic rings. The van der Waals surface area contributed by atoms with E-state index < -0.39 is 17.5 Å². The zero-order chi connectivity index (χ0) is 21.2. The number of phenols is 1. The fourth-order valence-electron chi connectivity index (χ4n) is 3.73. The highest BCUT2D eigenvalue weighted by atomic mass is 19.4. The Kier molecular flexibility index (Phi) is 6.28. The number of benzene rings is 1. The summed E-state index contributed by atoms with van der Waals surface area (Å²) in [7, 11) is 0. The zero-order valence-electron chi connectivity index (χ0n) is 16.4.